The fraction of sp³-hybridized carbons (Fsp3) is 0.320. The van der Waals surface area contributed by atoms with Crippen LogP contribution >= 0.6 is 0 Å². The van der Waals surface area contributed by atoms with Crippen LogP contribution < -0.4 is 10.2 Å². The molecule has 4 rings (SSSR count). The summed E-state index contributed by atoms with van der Waals surface area (Å²) in [6.07, 6.45) is 1.03. The molecule has 1 aromatic heterocycles. The molecule has 0 spiro atoms. The Morgan fingerprint density at radius 2 is 1.65 bits per heavy atom. The molecule has 2 heterocycles. The molecule has 0 atom stereocenters. The molecule has 31 heavy (non-hydrogen) atoms. The van der Waals surface area contributed by atoms with Crippen molar-refractivity contribution in [2.24, 2.45) is 0 Å². The molecule has 6 nitrogen and oxygen atoms in total. The number of hydrogen-bond acceptors (Lipinski definition) is 4. The normalized spacial score (nSPS) is 13.9. The standard InChI is InChI=1S/C25H29N5O/c1-4-20-6-8-21(9-7-20)23-11-12-24(28-27-23)29-13-15-30(16-14-29)25(31)26-22-10-5-18(2)19(3)17-22/h5-12,17H,4,13-16H2,1-3H3,(H,26,31). The second kappa shape index (κ2) is 9.16. The molecular formula is C25H29N5O. The van der Waals surface area contributed by atoms with Crippen molar-refractivity contribution in [2.75, 3.05) is 36.4 Å². The topological polar surface area (TPSA) is 61.4 Å². The van der Waals surface area contributed by atoms with Crippen LogP contribution in [0.25, 0.3) is 11.3 Å². The van der Waals surface area contributed by atoms with Crippen molar-refractivity contribution in [3.05, 3.63) is 71.3 Å². The number of hydrogen-bond donors (Lipinski definition) is 1. The molecule has 2 aromatic carbocycles. The molecule has 1 aliphatic heterocycles. The van der Waals surface area contributed by atoms with Gasteiger partial charge in [-0.3, -0.25) is 0 Å². The second-order valence-electron chi connectivity index (χ2n) is 8.03. The van der Waals surface area contributed by atoms with Crippen LogP contribution in [0.4, 0.5) is 16.3 Å². The number of carbonyl (C=O) groups excluding carboxylic acids is 1. The highest BCUT2D eigenvalue weighted by Crippen LogP contribution is 2.21. The summed E-state index contributed by atoms with van der Waals surface area (Å²) in [5.41, 5.74) is 6.49. The lowest BCUT2D eigenvalue weighted by Gasteiger charge is -2.35. The fourth-order valence-electron chi connectivity index (χ4n) is 3.72. The van der Waals surface area contributed by atoms with Crippen LogP contribution in [0.1, 0.15) is 23.6 Å². The van der Waals surface area contributed by atoms with E-state index in [2.05, 4.69) is 65.5 Å². The zero-order valence-electron chi connectivity index (χ0n) is 18.4. The third-order valence-corrected chi connectivity index (χ3v) is 5.96. The lowest BCUT2D eigenvalue weighted by Crippen LogP contribution is -2.50. The molecule has 0 bridgehead atoms. The monoisotopic (exact) mass is 415 g/mol. The number of aryl methyl sites for hydroxylation is 3. The average Bonchev–Trinajstić information content (AvgIpc) is 2.82. The summed E-state index contributed by atoms with van der Waals surface area (Å²) in [5, 5.41) is 11.9. The van der Waals surface area contributed by atoms with Gasteiger partial charge in [0.05, 0.1) is 5.69 Å². The third kappa shape index (κ3) is 4.85. The van der Waals surface area contributed by atoms with E-state index < -0.39 is 0 Å². The van der Waals surface area contributed by atoms with Crippen LogP contribution in [-0.4, -0.2) is 47.3 Å². The predicted octanol–water partition coefficient (Wildman–Crippen LogP) is 4.68. The second-order valence-corrected chi connectivity index (χ2v) is 8.03. The van der Waals surface area contributed by atoms with Crippen LogP contribution in [-0.2, 0) is 6.42 Å². The molecule has 0 aliphatic carbocycles. The number of amides is 2. The Balaban J connectivity index is 1.33. The molecule has 6 heteroatoms. The van der Waals surface area contributed by atoms with Crippen molar-refractivity contribution in [1.82, 2.24) is 15.1 Å². The van der Waals surface area contributed by atoms with E-state index in [1.807, 2.05) is 35.2 Å². The first-order valence-corrected chi connectivity index (χ1v) is 10.8. The minimum atomic E-state index is -0.0557. The number of carbonyl (C=O) groups is 1. The summed E-state index contributed by atoms with van der Waals surface area (Å²) in [5.74, 6) is 0.850. The summed E-state index contributed by atoms with van der Waals surface area (Å²) in [7, 11) is 0. The van der Waals surface area contributed by atoms with E-state index in [4.69, 9.17) is 0 Å². The zero-order chi connectivity index (χ0) is 21.8. The SMILES string of the molecule is CCc1ccc(-c2ccc(N3CCN(C(=O)Nc4ccc(C)c(C)c4)CC3)nn2)cc1. The molecule has 3 aromatic rings. The van der Waals surface area contributed by atoms with E-state index in [9.17, 15) is 4.79 Å². The third-order valence-electron chi connectivity index (χ3n) is 5.96. The van der Waals surface area contributed by atoms with Gasteiger partial charge in [0.1, 0.15) is 0 Å². The van der Waals surface area contributed by atoms with E-state index in [-0.39, 0.29) is 6.03 Å². The van der Waals surface area contributed by atoms with Crippen molar-refractivity contribution in [2.45, 2.75) is 27.2 Å². The molecule has 2 amide bonds. The van der Waals surface area contributed by atoms with Crippen LogP contribution in [0, 0.1) is 13.8 Å². The van der Waals surface area contributed by atoms with Gasteiger partial charge in [-0.25, -0.2) is 4.79 Å². The molecule has 160 valence electrons. The van der Waals surface area contributed by atoms with E-state index in [0.29, 0.717) is 13.1 Å². The lowest BCUT2D eigenvalue weighted by atomic mass is 10.1. The summed E-state index contributed by atoms with van der Waals surface area (Å²) in [6.45, 7) is 9.04. The average molecular weight is 416 g/mol. The van der Waals surface area contributed by atoms with Gasteiger partial charge < -0.3 is 15.1 Å². The maximum atomic E-state index is 12.6. The minimum Gasteiger partial charge on any atom is -0.352 e. The number of nitrogens with one attached hydrogen (secondary N) is 1. The first-order valence-electron chi connectivity index (χ1n) is 10.8. The van der Waals surface area contributed by atoms with Crippen LogP contribution in [0.2, 0.25) is 0 Å². The van der Waals surface area contributed by atoms with Crippen molar-refractivity contribution in [1.29, 1.82) is 0 Å². The number of piperazine rings is 1. The van der Waals surface area contributed by atoms with Gasteiger partial charge in [0.25, 0.3) is 0 Å². The minimum absolute atomic E-state index is 0.0557. The number of anilines is 2. The molecule has 0 radical (unpaired) electrons. The first-order chi connectivity index (χ1) is 15.0. The number of rotatable bonds is 4. The fourth-order valence-corrected chi connectivity index (χ4v) is 3.72. The molecule has 0 saturated carbocycles. The largest absolute Gasteiger partial charge is 0.352 e. The molecule has 1 N–H and O–H groups in total. The summed E-state index contributed by atoms with van der Waals surface area (Å²) in [6, 6.07) is 18.4. The Morgan fingerprint density at radius 3 is 2.26 bits per heavy atom. The van der Waals surface area contributed by atoms with Gasteiger partial charge in [-0.1, -0.05) is 37.3 Å². The first kappa shape index (κ1) is 20.8. The number of nitrogens with zero attached hydrogens (tertiary/aromatic N) is 4. The maximum Gasteiger partial charge on any atom is 0.321 e. The smallest absolute Gasteiger partial charge is 0.321 e. The van der Waals surface area contributed by atoms with Gasteiger partial charge in [-0.2, -0.15) is 0 Å². The van der Waals surface area contributed by atoms with E-state index in [0.717, 1.165) is 42.3 Å². The highest BCUT2D eigenvalue weighted by Gasteiger charge is 2.22. The Bertz CT molecular complexity index is 1040. The van der Waals surface area contributed by atoms with Gasteiger partial charge in [0.15, 0.2) is 5.82 Å². The summed E-state index contributed by atoms with van der Waals surface area (Å²) in [4.78, 5) is 16.6. The Labute approximate surface area is 183 Å². The maximum absolute atomic E-state index is 12.6. The van der Waals surface area contributed by atoms with Crippen LogP contribution in [0.15, 0.2) is 54.6 Å². The van der Waals surface area contributed by atoms with Crippen LogP contribution in [0.3, 0.4) is 0 Å². The van der Waals surface area contributed by atoms with Gasteiger partial charge in [0.2, 0.25) is 0 Å². The predicted molar refractivity (Wildman–Crippen MR) is 126 cm³/mol. The number of aromatic nitrogens is 2. The zero-order valence-corrected chi connectivity index (χ0v) is 18.4. The highest BCUT2D eigenvalue weighted by molar-refractivity contribution is 5.89. The molecule has 0 unspecified atom stereocenters. The molecule has 1 aliphatic rings. The van der Waals surface area contributed by atoms with Crippen molar-refractivity contribution in [3.63, 3.8) is 0 Å². The lowest BCUT2D eigenvalue weighted by molar-refractivity contribution is 0.208. The van der Waals surface area contributed by atoms with Crippen molar-refractivity contribution < 1.29 is 4.79 Å². The number of benzene rings is 2. The van der Waals surface area contributed by atoms with Crippen LogP contribution in [0.5, 0.6) is 0 Å². The summed E-state index contributed by atoms with van der Waals surface area (Å²) >= 11 is 0. The van der Waals surface area contributed by atoms with Gasteiger partial charge in [-0.05, 0) is 61.2 Å². The van der Waals surface area contributed by atoms with Crippen molar-refractivity contribution in [3.8, 4) is 11.3 Å². The van der Waals surface area contributed by atoms with Crippen molar-refractivity contribution >= 4 is 17.5 Å². The van der Waals surface area contributed by atoms with E-state index >= 15 is 0 Å². The molecule has 1 saturated heterocycles. The Hall–Kier alpha value is -3.41. The van der Waals surface area contributed by atoms with Gasteiger partial charge in [0, 0.05) is 37.4 Å². The Morgan fingerprint density at radius 1 is 0.903 bits per heavy atom. The molecular weight excluding hydrogens is 386 g/mol. The number of urea groups is 1. The van der Waals surface area contributed by atoms with Gasteiger partial charge in [-0.15, -0.1) is 10.2 Å². The molecule has 1 fully saturated rings. The van der Waals surface area contributed by atoms with E-state index in [1.54, 1.807) is 0 Å². The summed E-state index contributed by atoms with van der Waals surface area (Å²) < 4.78 is 0. The highest BCUT2D eigenvalue weighted by atomic mass is 16.2. The quantitative estimate of drug-likeness (QED) is 0.672. The van der Waals surface area contributed by atoms with Gasteiger partial charge >= 0.3 is 6.03 Å². The Kier molecular flexibility index (Phi) is 6.16. The van der Waals surface area contributed by atoms with E-state index in [1.165, 1.54) is 16.7 Å².